The van der Waals surface area contributed by atoms with Crippen molar-refractivity contribution in [1.29, 1.82) is 0 Å². The number of rotatable bonds is 3. The predicted octanol–water partition coefficient (Wildman–Crippen LogP) is 3.47. The second-order valence-electron chi connectivity index (χ2n) is 4.58. The third-order valence-electron chi connectivity index (χ3n) is 2.96. The molecule has 0 saturated carbocycles. The highest BCUT2D eigenvalue weighted by Crippen LogP contribution is 2.31. The molecule has 0 N–H and O–H groups in total. The lowest BCUT2D eigenvalue weighted by Crippen LogP contribution is -2.09. The summed E-state index contributed by atoms with van der Waals surface area (Å²) in [6.07, 6.45) is 1.21. The van der Waals surface area contributed by atoms with Crippen molar-refractivity contribution in [3.63, 3.8) is 0 Å². The van der Waals surface area contributed by atoms with Gasteiger partial charge in [0.15, 0.2) is 0 Å². The van der Waals surface area contributed by atoms with Gasteiger partial charge in [-0.05, 0) is 28.8 Å². The van der Waals surface area contributed by atoms with E-state index in [4.69, 9.17) is 11.6 Å². The van der Waals surface area contributed by atoms with Crippen molar-refractivity contribution in [2.24, 2.45) is 0 Å². The van der Waals surface area contributed by atoms with Gasteiger partial charge in [0.05, 0.1) is 11.1 Å². The van der Waals surface area contributed by atoms with Crippen LogP contribution in [0.1, 0.15) is 16.5 Å². The van der Waals surface area contributed by atoms with Gasteiger partial charge in [-0.15, -0.1) is 11.6 Å². The Balaban J connectivity index is 2.55. The number of halogens is 1. The number of aryl methyl sites for hydroxylation is 1. The molecule has 2 rings (SSSR count). The smallest absolute Gasteiger partial charge is 0.149 e. The first-order valence-corrected chi connectivity index (χ1v) is 8.18. The zero-order chi connectivity index (χ0) is 13.3. The van der Waals surface area contributed by atoms with Crippen LogP contribution in [0, 0.1) is 6.92 Å². The van der Waals surface area contributed by atoms with Gasteiger partial charge in [-0.1, -0.05) is 36.4 Å². The second kappa shape index (κ2) is 4.90. The van der Waals surface area contributed by atoms with E-state index in [1.165, 1.54) is 6.26 Å². The molecule has 0 bridgehead atoms. The Labute approximate surface area is 113 Å². The molecule has 0 aliphatic heterocycles. The highest BCUT2D eigenvalue weighted by Gasteiger charge is 2.17. The molecule has 0 fully saturated rings. The Kier molecular flexibility index (Phi) is 3.64. The molecule has 18 heavy (non-hydrogen) atoms. The van der Waals surface area contributed by atoms with Crippen molar-refractivity contribution in [2.45, 2.75) is 12.3 Å². The maximum atomic E-state index is 11.3. The molecule has 4 heteroatoms. The summed E-state index contributed by atoms with van der Waals surface area (Å²) in [6, 6.07) is 11.8. The maximum absolute atomic E-state index is 11.3. The Hall–Kier alpha value is -1.06. The number of alkyl halides is 1. The molecular weight excluding hydrogens is 268 g/mol. The molecule has 0 heterocycles. The summed E-state index contributed by atoms with van der Waals surface area (Å²) < 4.78 is 22.7. The third kappa shape index (κ3) is 2.85. The van der Waals surface area contributed by atoms with Crippen LogP contribution < -0.4 is 0 Å². The Morgan fingerprint density at radius 3 is 2.33 bits per heavy atom. The molecule has 0 aliphatic rings. The van der Waals surface area contributed by atoms with E-state index in [-0.39, 0.29) is 5.75 Å². The van der Waals surface area contributed by atoms with Crippen LogP contribution >= 0.6 is 11.6 Å². The number of benzene rings is 2. The van der Waals surface area contributed by atoms with Crippen LogP contribution in [-0.2, 0) is 9.84 Å². The van der Waals surface area contributed by atoms with E-state index in [0.29, 0.717) is 0 Å². The Bertz CT molecular complexity index is 677. The lowest BCUT2D eigenvalue weighted by Gasteiger charge is -2.13. The molecule has 1 atom stereocenters. The minimum Gasteiger partial charge on any atom is -0.229 e. The van der Waals surface area contributed by atoms with Crippen LogP contribution in [0.3, 0.4) is 0 Å². The van der Waals surface area contributed by atoms with Crippen LogP contribution in [0.25, 0.3) is 10.8 Å². The van der Waals surface area contributed by atoms with E-state index >= 15 is 0 Å². The molecule has 0 saturated heterocycles. The van der Waals surface area contributed by atoms with Crippen LogP contribution in [0.15, 0.2) is 36.4 Å². The van der Waals surface area contributed by atoms with E-state index in [1.54, 1.807) is 0 Å². The van der Waals surface area contributed by atoms with Gasteiger partial charge in [-0.25, -0.2) is 8.42 Å². The van der Waals surface area contributed by atoms with Gasteiger partial charge < -0.3 is 0 Å². The summed E-state index contributed by atoms with van der Waals surface area (Å²) in [5.74, 6) is -0.0401. The number of hydrogen-bond donors (Lipinski definition) is 0. The summed E-state index contributed by atoms with van der Waals surface area (Å²) in [5.41, 5.74) is 2.04. The lowest BCUT2D eigenvalue weighted by molar-refractivity contribution is 0.600. The summed E-state index contributed by atoms with van der Waals surface area (Å²) in [6.45, 7) is 2.03. The Morgan fingerprint density at radius 2 is 1.72 bits per heavy atom. The van der Waals surface area contributed by atoms with Gasteiger partial charge in [0.25, 0.3) is 0 Å². The summed E-state index contributed by atoms with van der Waals surface area (Å²) >= 11 is 6.24. The SMILES string of the molecule is Cc1ccc(C(Cl)CS(C)(=O)=O)c2ccccc12. The minimum atomic E-state index is -3.08. The van der Waals surface area contributed by atoms with Crippen molar-refractivity contribution in [2.75, 3.05) is 12.0 Å². The highest BCUT2D eigenvalue weighted by atomic mass is 35.5. The average molecular weight is 283 g/mol. The summed E-state index contributed by atoms with van der Waals surface area (Å²) in [4.78, 5) is 0. The molecule has 2 aromatic carbocycles. The molecule has 2 nitrogen and oxygen atoms in total. The Morgan fingerprint density at radius 1 is 1.11 bits per heavy atom. The van der Waals surface area contributed by atoms with Crippen molar-refractivity contribution in [3.05, 3.63) is 47.5 Å². The molecule has 0 amide bonds. The largest absolute Gasteiger partial charge is 0.229 e. The summed E-state index contributed by atoms with van der Waals surface area (Å²) in [5, 5.41) is 1.64. The van der Waals surface area contributed by atoms with Gasteiger partial charge in [-0.3, -0.25) is 0 Å². The van der Waals surface area contributed by atoms with Gasteiger partial charge in [0.2, 0.25) is 0 Å². The quantitative estimate of drug-likeness (QED) is 0.808. The molecule has 0 radical (unpaired) electrons. The first-order valence-electron chi connectivity index (χ1n) is 5.68. The lowest BCUT2D eigenvalue weighted by atomic mass is 9.99. The minimum absolute atomic E-state index is 0.0401. The van der Waals surface area contributed by atoms with Crippen LogP contribution in [0.5, 0.6) is 0 Å². The van der Waals surface area contributed by atoms with Crippen molar-refractivity contribution < 1.29 is 8.42 Å². The fourth-order valence-corrected chi connectivity index (χ4v) is 3.69. The zero-order valence-electron chi connectivity index (χ0n) is 10.4. The third-order valence-corrected chi connectivity index (χ3v) is 4.47. The molecule has 1 unspecified atom stereocenters. The first kappa shape index (κ1) is 13.4. The van der Waals surface area contributed by atoms with E-state index in [9.17, 15) is 8.42 Å². The van der Waals surface area contributed by atoms with Crippen LogP contribution in [-0.4, -0.2) is 20.4 Å². The van der Waals surface area contributed by atoms with E-state index in [0.717, 1.165) is 21.9 Å². The molecule has 0 aliphatic carbocycles. The first-order chi connectivity index (χ1) is 8.38. The van der Waals surface area contributed by atoms with Gasteiger partial charge in [-0.2, -0.15) is 0 Å². The highest BCUT2D eigenvalue weighted by molar-refractivity contribution is 7.90. The average Bonchev–Trinajstić information content (AvgIpc) is 2.27. The van der Waals surface area contributed by atoms with Crippen molar-refractivity contribution >= 4 is 32.2 Å². The van der Waals surface area contributed by atoms with Crippen LogP contribution in [0.4, 0.5) is 0 Å². The van der Waals surface area contributed by atoms with Gasteiger partial charge in [0.1, 0.15) is 9.84 Å². The fourth-order valence-electron chi connectivity index (χ4n) is 2.10. The predicted molar refractivity (Wildman–Crippen MR) is 77.0 cm³/mol. The summed E-state index contributed by atoms with van der Waals surface area (Å²) in [7, 11) is -3.08. The van der Waals surface area contributed by atoms with Gasteiger partial charge in [0, 0.05) is 6.26 Å². The van der Waals surface area contributed by atoms with Crippen molar-refractivity contribution in [1.82, 2.24) is 0 Å². The molecular formula is C14H15ClO2S. The molecule has 2 aromatic rings. The van der Waals surface area contributed by atoms with E-state index in [2.05, 4.69) is 0 Å². The van der Waals surface area contributed by atoms with E-state index in [1.807, 2.05) is 43.3 Å². The standard InChI is InChI=1S/C14H15ClO2S/c1-10-7-8-13(14(15)9-18(2,16)17)12-6-4-3-5-11(10)12/h3-8,14H,9H2,1-2H3. The van der Waals surface area contributed by atoms with Crippen molar-refractivity contribution in [3.8, 4) is 0 Å². The normalized spacial score (nSPS) is 13.7. The number of fused-ring (bicyclic) bond motifs is 1. The number of hydrogen-bond acceptors (Lipinski definition) is 2. The topological polar surface area (TPSA) is 34.1 Å². The van der Waals surface area contributed by atoms with E-state index < -0.39 is 15.2 Å². The van der Waals surface area contributed by atoms with Gasteiger partial charge >= 0.3 is 0 Å². The molecule has 96 valence electrons. The molecule has 0 aromatic heterocycles. The fraction of sp³-hybridized carbons (Fsp3) is 0.286. The second-order valence-corrected chi connectivity index (χ2v) is 7.29. The monoisotopic (exact) mass is 282 g/mol. The zero-order valence-corrected chi connectivity index (χ0v) is 11.9. The van der Waals surface area contributed by atoms with Crippen LogP contribution in [0.2, 0.25) is 0 Å². The number of sulfone groups is 1. The molecule has 0 spiro atoms. The maximum Gasteiger partial charge on any atom is 0.149 e.